The zero-order valence-electron chi connectivity index (χ0n) is 53.2. The van der Waals surface area contributed by atoms with Gasteiger partial charge in [0.15, 0.2) is 12.0 Å². The lowest BCUT2D eigenvalue weighted by atomic mass is 9.41. The molecular weight excluding hydrogens is 1090 g/mol. The van der Waals surface area contributed by atoms with Crippen LogP contribution in [0.25, 0.3) is 0 Å². The Kier molecular flexibility index (Phi) is 22.0. The number of nitrogens with zero attached hydrogens (tertiary/aromatic N) is 4. The van der Waals surface area contributed by atoms with E-state index in [-0.39, 0.29) is 81.6 Å². The third kappa shape index (κ3) is 14.3. The summed E-state index contributed by atoms with van der Waals surface area (Å²) in [6.07, 6.45) is 14.4. The van der Waals surface area contributed by atoms with E-state index in [1.54, 1.807) is 7.11 Å². The summed E-state index contributed by atoms with van der Waals surface area (Å²) in [6, 6.07) is 0.389. The summed E-state index contributed by atoms with van der Waals surface area (Å²) in [5.74, 6) is 2.86. The average molecular weight is 1200 g/mol. The number of rotatable bonds is 35. The van der Waals surface area contributed by atoms with Crippen molar-refractivity contribution in [2.45, 2.75) is 231 Å². The fourth-order valence-corrected chi connectivity index (χ4v) is 20.0. The van der Waals surface area contributed by atoms with Gasteiger partial charge in [0.25, 0.3) is 0 Å². The van der Waals surface area contributed by atoms with Crippen LogP contribution in [0.1, 0.15) is 171 Å². The third-order valence-corrected chi connectivity index (χ3v) is 24.7. The quantitative estimate of drug-likeness (QED) is 0.0299. The summed E-state index contributed by atoms with van der Waals surface area (Å²) in [5.41, 5.74) is -1.09. The van der Waals surface area contributed by atoms with E-state index in [1.807, 2.05) is 44.4 Å². The highest BCUT2D eigenvalue weighted by molar-refractivity contribution is 8.00. The van der Waals surface area contributed by atoms with E-state index in [2.05, 4.69) is 65.7 Å². The fourth-order valence-electron chi connectivity index (χ4n) is 18.4. The van der Waals surface area contributed by atoms with Crippen molar-refractivity contribution >= 4 is 29.6 Å². The molecule has 9 aliphatic rings. The number of aliphatic hydroxyl groups excluding tert-OH is 1. The Labute approximate surface area is 507 Å². The molecule has 3 unspecified atom stereocenters. The van der Waals surface area contributed by atoms with E-state index in [1.165, 1.54) is 25.7 Å². The molecule has 2 spiro atoms. The van der Waals surface area contributed by atoms with Gasteiger partial charge in [-0.25, -0.2) is 4.79 Å². The molecule has 5 aliphatic carbocycles. The molecule has 0 aromatic heterocycles. The molecule has 8 fully saturated rings. The van der Waals surface area contributed by atoms with Gasteiger partial charge in [-0.3, -0.25) is 14.5 Å². The van der Waals surface area contributed by atoms with Gasteiger partial charge in [-0.2, -0.15) is 22.0 Å². The van der Waals surface area contributed by atoms with E-state index >= 15 is 0 Å². The number of morpholine rings is 1. The highest BCUT2D eigenvalue weighted by Gasteiger charge is 2.83. The van der Waals surface area contributed by atoms with Crippen LogP contribution in [0.4, 0.5) is 4.79 Å². The molecule has 20 heteroatoms. The highest BCUT2D eigenvalue weighted by atomic mass is 32.2. The van der Waals surface area contributed by atoms with Crippen molar-refractivity contribution in [3.63, 3.8) is 0 Å². The second kappa shape index (κ2) is 27.9. The van der Waals surface area contributed by atoms with Gasteiger partial charge >= 0.3 is 6.03 Å². The van der Waals surface area contributed by atoms with Crippen molar-refractivity contribution in [3.05, 3.63) is 0 Å². The number of hydrogen-bond donors (Lipinski definition) is 5. The van der Waals surface area contributed by atoms with E-state index in [0.29, 0.717) is 127 Å². The second-order valence-electron chi connectivity index (χ2n) is 28.9. The maximum atomic E-state index is 13.7. The normalized spacial score (nSPS) is 36.3. The molecule has 3 saturated heterocycles. The summed E-state index contributed by atoms with van der Waals surface area (Å²) in [5, 5.41) is 41.3. The number of nitrogens with one attached hydrogen (secondary N) is 3. The standard InChI is InChI=1S/C64H111N7O12S/c1-11-81-56(59(5,6)76)46(77-10)38-43(2)44-39-50(72)62(9)49-19-18-48-58(3,4)51(20-23-63(48)42-64(49,63)25-24-60(44,62)7)83-54-40-70(30-33-82-54)28-29-71(53(74)21-22-61(8)68-69-61)27-15-32-79-35-37-80-36-34-78-31-14-26-65-52(73)17-13-12-16-47-55-45(41-84-47)66-57(75)67-55/h43-51,54-56,72,76H,11-42H2,1-10H3,(H,65,73)(H2,66,67,75)/t43-,44-,45+,46?,47+,48+,49?,50+,51+,54+,55+,56+,60-,62-,63-,64?/m1/s1. The minimum atomic E-state index is -1.03. The molecular formula is C64H111N7O12S. The van der Waals surface area contributed by atoms with E-state index in [0.717, 1.165) is 83.1 Å². The van der Waals surface area contributed by atoms with Crippen molar-refractivity contribution in [2.24, 2.45) is 61.0 Å². The number of ether oxygens (including phenoxy) is 7. The van der Waals surface area contributed by atoms with Gasteiger partial charge in [0.1, 0.15) is 6.10 Å². The molecule has 480 valence electrons. The van der Waals surface area contributed by atoms with Crippen LogP contribution in [0.3, 0.4) is 0 Å². The zero-order chi connectivity index (χ0) is 60.1. The topological polar surface area (TPSA) is 224 Å². The highest BCUT2D eigenvalue weighted by Crippen LogP contribution is 2.89. The Morgan fingerprint density at radius 2 is 1.63 bits per heavy atom. The number of fused-ring (bicyclic) bond motifs is 3. The molecule has 4 heterocycles. The van der Waals surface area contributed by atoms with Gasteiger partial charge in [-0.05, 0) is 156 Å². The summed E-state index contributed by atoms with van der Waals surface area (Å²) in [7, 11) is 1.74. The van der Waals surface area contributed by atoms with Gasteiger partial charge in [0.2, 0.25) is 11.8 Å². The van der Waals surface area contributed by atoms with Crippen molar-refractivity contribution < 1.29 is 57.8 Å². The Hall–Kier alpha value is -2.24. The number of amides is 4. The number of carbonyl (C=O) groups is 3. The Balaban J connectivity index is 0.663. The molecule has 0 radical (unpaired) electrons. The lowest BCUT2D eigenvalue weighted by molar-refractivity contribution is -0.249. The number of aliphatic hydroxyl groups is 2. The van der Waals surface area contributed by atoms with Crippen LogP contribution in [0.2, 0.25) is 0 Å². The first-order valence-corrected chi connectivity index (χ1v) is 34.0. The smallest absolute Gasteiger partial charge is 0.315 e. The minimum Gasteiger partial charge on any atom is -0.393 e. The number of carbonyl (C=O) groups excluding carboxylic acids is 3. The first-order chi connectivity index (χ1) is 40.0. The molecule has 0 aromatic rings. The van der Waals surface area contributed by atoms with Crippen LogP contribution >= 0.6 is 11.8 Å². The Morgan fingerprint density at radius 1 is 0.917 bits per heavy atom. The van der Waals surface area contributed by atoms with Crippen molar-refractivity contribution in [3.8, 4) is 0 Å². The van der Waals surface area contributed by atoms with Crippen LogP contribution in [0.5, 0.6) is 0 Å². The van der Waals surface area contributed by atoms with Crippen molar-refractivity contribution in [2.75, 3.05) is 105 Å². The van der Waals surface area contributed by atoms with Crippen molar-refractivity contribution in [1.29, 1.82) is 0 Å². The van der Waals surface area contributed by atoms with Gasteiger partial charge in [0, 0.05) is 102 Å². The molecule has 5 N–H and O–H groups in total. The van der Waals surface area contributed by atoms with Gasteiger partial charge in [-0.1, -0.05) is 41.0 Å². The van der Waals surface area contributed by atoms with E-state index < -0.39 is 17.4 Å². The Bertz CT molecular complexity index is 2220. The first kappa shape index (κ1) is 66.2. The van der Waals surface area contributed by atoms with Gasteiger partial charge < -0.3 is 64.2 Å². The maximum Gasteiger partial charge on any atom is 0.315 e. The van der Waals surface area contributed by atoms with Gasteiger partial charge in [-0.15, -0.1) is 0 Å². The lowest BCUT2D eigenvalue weighted by Crippen LogP contribution is -2.60. The number of unbranched alkanes of at least 4 members (excludes halogenated alkanes) is 1. The number of hydrogen-bond acceptors (Lipinski definition) is 16. The van der Waals surface area contributed by atoms with Crippen LogP contribution in [0, 0.1) is 50.7 Å². The van der Waals surface area contributed by atoms with Crippen LogP contribution in [-0.2, 0) is 42.7 Å². The molecule has 19 nitrogen and oxygen atoms in total. The molecule has 4 amide bonds. The molecule has 84 heavy (non-hydrogen) atoms. The van der Waals surface area contributed by atoms with Gasteiger partial charge in [0.05, 0.1) is 69.0 Å². The molecule has 9 rings (SSSR count). The molecule has 4 aliphatic heterocycles. The monoisotopic (exact) mass is 1200 g/mol. The summed E-state index contributed by atoms with van der Waals surface area (Å²) < 4.78 is 43.1. The fraction of sp³-hybridized carbons (Fsp3) is 0.953. The second-order valence-corrected chi connectivity index (χ2v) is 30.2. The van der Waals surface area contributed by atoms with Crippen molar-refractivity contribution in [1.82, 2.24) is 25.8 Å². The summed E-state index contributed by atoms with van der Waals surface area (Å²) >= 11 is 1.91. The lowest BCUT2D eigenvalue weighted by Gasteiger charge is -2.64. The third-order valence-electron chi connectivity index (χ3n) is 23.2. The zero-order valence-corrected chi connectivity index (χ0v) is 54.0. The molecule has 5 saturated carbocycles. The summed E-state index contributed by atoms with van der Waals surface area (Å²) in [6.45, 7) is 28.0. The van der Waals surface area contributed by atoms with Crippen LogP contribution < -0.4 is 16.0 Å². The number of thioether (sulfide) groups is 1. The molecule has 0 bridgehead atoms. The van der Waals surface area contributed by atoms with E-state index in [9.17, 15) is 24.6 Å². The summed E-state index contributed by atoms with van der Waals surface area (Å²) in [4.78, 5) is 42.0. The van der Waals surface area contributed by atoms with Crippen LogP contribution in [0.15, 0.2) is 10.2 Å². The number of urea groups is 1. The predicted octanol–water partition coefficient (Wildman–Crippen LogP) is 8.12. The average Bonchev–Trinajstić information content (AvgIpc) is 1.46. The molecule has 16 atom stereocenters. The maximum absolute atomic E-state index is 13.7. The van der Waals surface area contributed by atoms with E-state index in [4.69, 9.17) is 33.2 Å². The predicted molar refractivity (Wildman–Crippen MR) is 323 cm³/mol. The van der Waals surface area contributed by atoms with Crippen LogP contribution in [-0.4, -0.2) is 202 Å². The first-order valence-electron chi connectivity index (χ1n) is 33.0. The SMILES string of the molecule is CCO[C@@H](C(C[C@@H](C)[C@H]1C[C@H](O)[C@@]2(C)C3CC[C@H]4C(C)(C)[C@@H](O[C@H]5CN(CCN(CCCOCCOCCOCCCNC(=O)CCCC[C@@H]6SC[C@@H]7NC(=O)N[C@@H]76)C(=O)CCC6(C)N=N6)CCO5)CC[C@@]45CC35CC[C@]12C)OC)C(C)(C)O. The largest absolute Gasteiger partial charge is 0.393 e. The number of methoxy groups -OCH3 is 1. The molecule has 0 aromatic carbocycles. The minimum absolute atomic E-state index is 0.00485. The Morgan fingerprint density at radius 3 is 2.35 bits per heavy atom.